The van der Waals surface area contributed by atoms with Crippen molar-refractivity contribution in [3.8, 4) is 5.75 Å². The Morgan fingerprint density at radius 2 is 2.32 bits per heavy atom. The highest BCUT2D eigenvalue weighted by Gasteiger charge is 2.16. The molecule has 5 nitrogen and oxygen atoms in total. The van der Waals surface area contributed by atoms with Crippen molar-refractivity contribution in [3.63, 3.8) is 0 Å². The van der Waals surface area contributed by atoms with E-state index in [9.17, 15) is 0 Å². The molecule has 1 atom stereocenters. The van der Waals surface area contributed by atoms with Crippen LogP contribution in [-0.2, 0) is 0 Å². The van der Waals surface area contributed by atoms with Gasteiger partial charge in [-0.25, -0.2) is 4.98 Å². The molecule has 1 aromatic carbocycles. The van der Waals surface area contributed by atoms with Gasteiger partial charge in [-0.3, -0.25) is 4.98 Å². The molecular weight excluding hydrogens is 296 g/mol. The first-order valence-electron chi connectivity index (χ1n) is 7.66. The number of aromatic nitrogens is 2. The van der Waals surface area contributed by atoms with Crippen molar-refractivity contribution in [2.24, 2.45) is 5.73 Å². The highest BCUT2D eigenvalue weighted by Crippen LogP contribution is 2.21. The highest BCUT2D eigenvalue weighted by molar-refractivity contribution is 7.99. The van der Waals surface area contributed by atoms with E-state index >= 15 is 0 Å². The number of hydrogen-bond acceptors (Lipinski definition) is 6. The SMILES string of the molecule is COc1ccc2ncc(SCCN3CCCC(N)C3)nc2c1. The van der Waals surface area contributed by atoms with Gasteiger partial charge in [0.1, 0.15) is 10.8 Å². The number of rotatable bonds is 5. The first-order chi connectivity index (χ1) is 10.7. The van der Waals surface area contributed by atoms with Crippen molar-refractivity contribution in [2.45, 2.75) is 23.9 Å². The fourth-order valence-electron chi connectivity index (χ4n) is 2.74. The van der Waals surface area contributed by atoms with Crippen LogP contribution in [0.15, 0.2) is 29.4 Å². The van der Waals surface area contributed by atoms with Crippen LogP contribution in [0.5, 0.6) is 5.75 Å². The summed E-state index contributed by atoms with van der Waals surface area (Å²) in [4.78, 5) is 11.6. The fourth-order valence-corrected chi connectivity index (χ4v) is 3.59. The summed E-state index contributed by atoms with van der Waals surface area (Å²) in [5, 5.41) is 0.960. The third-order valence-electron chi connectivity index (χ3n) is 3.93. The molecule has 0 spiro atoms. The monoisotopic (exact) mass is 318 g/mol. The molecule has 0 amide bonds. The number of nitrogens with zero attached hydrogens (tertiary/aromatic N) is 3. The van der Waals surface area contributed by atoms with Crippen molar-refractivity contribution in [2.75, 3.05) is 32.5 Å². The molecule has 1 fully saturated rings. The largest absolute Gasteiger partial charge is 0.497 e. The fraction of sp³-hybridized carbons (Fsp3) is 0.500. The van der Waals surface area contributed by atoms with Gasteiger partial charge in [0, 0.05) is 31.0 Å². The lowest BCUT2D eigenvalue weighted by Gasteiger charge is -2.30. The maximum atomic E-state index is 6.01. The van der Waals surface area contributed by atoms with Crippen LogP contribution in [0.2, 0.25) is 0 Å². The van der Waals surface area contributed by atoms with Crippen LogP contribution >= 0.6 is 11.8 Å². The smallest absolute Gasteiger partial charge is 0.121 e. The van der Waals surface area contributed by atoms with Crippen molar-refractivity contribution in [1.29, 1.82) is 0 Å². The maximum absolute atomic E-state index is 6.01. The number of benzene rings is 1. The molecule has 1 aromatic heterocycles. The van der Waals surface area contributed by atoms with Crippen LogP contribution in [0.1, 0.15) is 12.8 Å². The molecule has 1 aliphatic heterocycles. The zero-order chi connectivity index (χ0) is 15.4. The Bertz CT molecular complexity index is 637. The summed E-state index contributed by atoms with van der Waals surface area (Å²) < 4.78 is 5.24. The number of fused-ring (bicyclic) bond motifs is 1. The van der Waals surface area contributed by atoms with Crippen molar-refractivity contribution < 1.29 is 4.74 Å². The Labute approximate surface area is 135 Å². The van der Waals surface area contributed by atoms with Gasteiger partial charge in [0.25, 0.3) is 0 Å². The molecular formula is C16H22N4OS. The topological polar surface area (TPSA) is 64.3 Å². The Morgan fingerprint density at radius 3 is 3.14 bits per heavy atom. The summed E-state index contributed by atoms with van der Waals surface area (Å²) in [6.07, 6.45) is 4.21. The lowest BCUT2D eigenvalue weighted by molar-refractivity contribution is 0.221. The van der Waals surface area contributed by atoms with E-state index in [2.05, 4.69) is 14.9 Å². The van der Waals surface area contributed by atoms with Gasteiger partial charge in [-0.05, 0) is 31.5 Å². The number of nitrogens with two attached hydrogens (primary N) is 1. The standard InChI is InChI=1S/C16H22N4OS/c1-21-13-4-5-14-15(9-13)19-16(10-18-14)22-8-7-20-6-2-3-12(17)11-20/h4-5,9-10,12H,2-3,6-8,11,17H2,1H3. The minimum atomic E-state index is 0.340. The summed E-state index contributed by atoms with van der Waals surface area (Å²) in [6.45, 7) is 3.23. The molecule has 2 N–H and O–H groups in total. The van der Waals surface area contributed by atoms with Crippen LogP contribution in [0.25, 0.3) is 11.0 Å². The van der Waals surface area contributed by atoms with Crippen LogP contribution in [0.4, 0.5) is 0 Å². The molecule has 118 valence electrons. The second-order valence-corrected chi connectivity index (χ2v) is 6.73. The number of ether oxygens (including phenoxy) is 1. The zero-order valence-electron chi connectivity index (χ0n) is 12.9. The second kappa shape index (κ2) is 7.26. The van der Waals surface area contributed by atoms with E-state index in [1.807, 2.05) is 24.4 Å². The van der Waals surface area contributed by atoms with Gasteiger partial charge in [0.2, 0.25) is 0 Å². The van der Waals surface area contributed by atoms with Crippen LogP contribution in [0.3, 0.4) is 0 Å². The molecule has 0 saturated carbocycles. The number of thioether (sulfide) groups is 1. The second-order valence-electron chi connectivity index (χ2n) is 5.61. The molecule has 2 aromatic rings. The zero-order valence-corrected chi connectivity index (χ0v) is 13.7. The highest BCUT2D eigenvalue weighted by atomic mass is 32.2. The molecule has 0 aliphatic carbocycles. The number of hydrogen-bond donors (Lipinski definition) is 1. The van der Waals surface area contributed by atoms with Gasteiger partial charge in [-0.15, -0.1) is 11.8 Å². The molecule has 1 saturated heterocycles. The van der Waals surface area contributed by atoms with Gasteiger partial charge >= 0.3 is 0 Å². The molecule has 22 heavy (non-hydrogen) atoms. The third kappa shape index (κ3) is 3.88. The van der Waals surface area contributed by atoms with Gasteiger partial charge in [0.05, 0.1) is 24.3 Å². The van der Waals surface area contributed by atoms with E-state index in [1.54, 1.807) is 18.9 Å². The molecule has 6 heteroatoms. The maximum Gasteiger partial charge on any atom is 0.121 e. The van der Waals surface area contributed by atoms with E-state index in [4.69, 9.17) is 10.5 Å². The van der Waals surface area contributed by atoms with Crippen molar-refractivity contribution >= 4 is 22.8 Å². The van der Waals surface area contributed by atoms with Crippen LogP contribution in [-0.4, -0.2) is 53.4 Å². The predicted molar refractivity (Wildman–Crippen MR) is 90.5 cm³/mol. The Morgan fingerprint density at radius 1 is 1.41 bits per heavy atom. The summed E-state index contributed by atoms with van der Waals surface area (Å²) in [5.74, 6) is 1.82. The number of piperidine rings is 1. The lowest BCUT2D eigenvalue weighted by Crippen LogP contribution is -2.43. The van der Waals surface area contributed by atoms with E-state index < -0.39 is 0 Å². The van der Waals surface area contributed by atoms with E-state index in [0.29, 0.717) is 6.04 Å². The summed E-state index contributed by atoms with van der Waals surface area (Å²) in [6, 6.07) is 6.11. The van der Waals surface area contributed by atoms with Gasteiger partial charge in [-0.1, -0.05) is 0 Å². The average Bonchev–Trinajstić information content (AvgIpc) is 2.54. The van der Waals surface area contributed by atoms with Crippen LogP contribution in [0, 0.1) is 0 Å². The molecule has 2 heterocycles. The number of likely N-dealkylation sites (tertiary alicyclic amines) is 1. The third-order valence-corrected chi connectivity index (χ3v) is 4.81. The summed E-state index contributed by atoms with van der Waals surface area (Å²) in [5.41, 5.74) is 7.79. The molecule has 0 radical (unpaired) electrons. The average molecular weight is 318 g/mol. The first-order valence-corrected chi connectivity index (χ1v) is 8.65. The van der Waals surface area contributed by atoms with E-state index in [0.717, 1.165) is 53.6 Å². The first kappa shape index (κ1) is 15.5. The Balaban J connectivity index is 1.59. The van der Waals surface area contributed by atoms with Crippen molar-refractivity contribution in [3.05, 3.63) is 24.4 Å². The predicted octanol–water partition coefficient (Wildman–Crippen LogP) is 2.15. The van der Waals surface area contributed by atoms with Gasteiger partial charge in [0.15, 0.2) is 0 Å². The quantitative estimate of drug-likeness (QED) is 0.852. The van der Waals surface area contributed by atoms with E-state index in [1.165, 1.54) is 6.42 Å². The van der Waals surface area contributed by atoms with Gasteiger partial charge in [-0.2, -0.15) is 0 Å². The Kier molecular flexibility index (Phi) is 5.12. The summed E-state index contributed by atoms with van der Waals surface area (Å²) >= 11 is 1.75. The Hall–Kier alpha value is -1.37. The van der Waals surface area contributed by atoms with Gasteiger partial charge < -0.3 is 15.4 Å². The molecule has 1 aliphatic rings. The van der Waals surface area contributed by atoms with Crippen molar-refractivity contribution in [1.82, 2.24) is 14.9 Å². The number of methoxy groups -OCH3 is 1. The molecule has 0 bridgehead atoms. The van der Waals surface area contributed by atoms with Crippen LogP contribution < -0.4 is 10.5 Å². The normalized spacial score (nSPS) is 19.5. The lowest BCUT2D eigenvalue weighted by atomic mass is 10.1. The molecule has 3 rings (SSSR count). The minimum absolute atomic E-state index is 0.340. The minimum Gasteiger partial charge on any atom is -0.497 e. The van der Waals surface area contributed by atoms with E-state index in [-0.39, 0.29) is 0 Å². The summed E-state index contributed by atoms with van der Waals surface area (Å²) in [7, 11) is 1.66. The molecule has 1 unspecified atom stereocenters.